The summed E-state index contributed by atoms with van der Waals surface area (Å²) in [4.78, 5) is 23.8. The van der Waals surface area contributed by atoms with E-state index in [9.17, 15) is 9.59 Å². The summed E-state index contributed by atoms with van der Waals surface area (Å²) in [7, 11) is 0. The third kappa shape index (κ3) is 1.74. The summed E-state index contributed by atoms with van der Waals surface area (Å²) in [6.45, 7) is 0. The summed E-state index contributed by atoms with van der Waals surface area (Å²) in [5, 5.41) is 2.01. The molecule has 0 saturated carbocycles. The van der Waals surface area contributed by atoms with Crippen molar-refractivity contribution in [2.45, 2.75) is 0 Å². The third-order valence-corrected chi connectivity index (χ3v) is 4.12. The van der Waals surface area contributed by atoms with Crippen molar-refractivity contribution in [1.29, 1.82) is 0 Å². The lowest BCUT2D eigenvalue weighted by Gasteiger charge is -2.17. The quantitative estimate of drug-likeness (QED) is 0.648. The molecule has 1 aliphatic rings. The number of hydrogen-bond acceptors (Lipinski definition) is 2. The van der Waals surface area contributed by atoms with Crippen molar-refractivity contribution < 1.29 is 9.59 Å². The number of rotatable bonds is 2. The van der Waals surface area contributed by atoms with Crippen LogP contribution in [-0.4, -0.2) is 12.1 Å². The monoisotopic (exact) mass is 284 g/mol. The molecular weight excluding hydrogens is 272 g/mol. The summed E-state index contributed by atoms with van der Waals surface area (Å²) < 4.78 is 0. The number of benzene rings is 3. The van der Waals surface area contributed by atoms with E-state index in [1.54, 1.807) is 12.1 Å². The van der Waals surface area contributed by atoms with Crippen molar-refractivity contribution in [3.8, 4) is 11.1 Å². The summed E-state index contributed by atoms with van der Waals surface area (Å²) in [6, 6.07) is 17.3. The second kappa shape index (κ2) is 4.78. The second-order valence-corrected chi connectivity index (χ2v) is 5.34. The number of carbonyl (C=O) groups excluding carboxylic acids is 2. The molecule has 2 nitrogen and oxygen atoms in total. The fraction of sp³-hybridized carbons (Fsp3) is 0. The van der Waals surface area contributed by atoms with Crippen molar-refractivity contribution in [2.24, 2.45) is 0 Å². The van der Waals surface area contributed by atoms with E-state index in [0.717, 1.165) is 33.7 Å². The Morgan fingerprint density at radius 2 is 1.64 bits per heavy atom. The molecule has 0 spiro atoms. The molecule has 0 fully saturated rings. The van der Waals surface area contributed by atoms with E-state index in [4.69, 9.17) is 0 Å². The highest BCUT2D eigenvalue weighted by atomic mass is 16.1. The van der Waals surface area contributed by atoms with Crippen molar-refractivity contribution in [3.05, 3.63) is 77.4 Å². The van der Waals surface area contributed by atoms with Gasteiger partial charge in [0.05, 0.1) is 0 Å². The zero-order valence-corrected chi connectivity index (χ0v) is 11.7. The van der Waals surface area contributed by atoms with Gasteiger partial charge in [0.2, 0.25) is 0 Å². The van der Waals surface area contributed by atoms with Gasteiger partial charge in [0, 0.05) is 16.5 Å². The Hall–Kier alpha value is -3.00. The fourth-order valence-electron chi connectivity index (χ4n) is 3.12. The lowest BCUT2D eigenvalue weighted by Crippen LogP contribution is -2.05. The highest BCUT2D eigenvalue weighted by molar-refractivity contribution is 6.23. The van der Waals surface area contributed by atoms with Crippen LogP contribution in [0.3, 0.4) is 0 Å². The van der Waals surface area contributed by atoms with Gasteiger partial charge < -0.3 is 0 Å². The Kier molecular flexibility index (Phi) is 2.76. The Bertz CT molecular complexity index is 965. The zero-order chi connectivity index (χ0) is 15.1. The van der Waals surface area contributed by atoms with Gasteiger partial charge in [-0.1, -0.05) is 60.7 Å². The SMILES string of the molecule is O=Cc1ccccc1-c1ccc2cccc3c2c1C(=O)C=C3. The molecule has 4 rings (SSSR count). The van der Waals surface area contributed by atoms with Crippen LogP contribution in [0.4, 0.5) is 0 Å². The minimum atomic E-state index is -0.0139. The molecule has 1 aliphatic carbocycles. The smallest absolute Gasteiger partial charge is 0.187 e. The first-order valence-electron chi connectivity index (χ1n) is 7.12. The lowest BCUT2D eigenvalue weighted by atomic mass is 9.85. The molecule has 22 heavy (non-hydrogen) atoms. The average Bonchev–Trinajstić information content (AvgIpc) is 2.58. The normalized spacial score (nSPS) is 12.6. The molecule has 0 unspecified atom stereocenters. The Labute approximate surface area is 127 Å². The van der Waals surface area contributed by atoms with E-state index in [0.29, 0.717) is 11.1 Å². The largest absolute Gasteiger partial charge is 0.298 e. The molecule has 3 aromatic rings. The van der Waals surface area contributed by atoms with Crippen molar-refractivity contribution in [3.63, 3.8) is 0 Å². The van der Waals surface area contributed by atoms with E-state index < -0.39 is 0 Å². The van der Waals surface area contributed by atoms with Gasteiger partial charge in [-0.05, 0) is 28.2 Å². The lowest BCUT2D eigenvalue weighted by molar-refractivity contribution is 0.104. The standard InChI is InChI=1S/C20H12O2/c21-12-15-4-1-2-7-16(15)17-10-8-13-5-3-6-14-9-11-18(22)20(17)19(13)14/h1-12H. The Morgan fingerprint density at radius 3 is 2.50 bits per heavy atom. The molecule has 0 aliphatic heterocycles. The van der Waals surface area contributed by atoms with E-state index in [2.05, 4.69) is 0 Å². The summed E-state index contributed by atoms with van der Waals surface area (Å²) in [5.41, 5.74) is 3.94. The zero-order valence-electron chi connectivity index (χ0n) is 11.7. The molecule has 0 bridgehead atoms. The topological polar surface area (TPSA) is 34.1 Å². The first-order chi connectivity index (χ1) is 10.8. The Balaban J connectivity index is 2.14. The van der Waals surface area contributed by atoms with Crippen LogP contribution in [0, 0.1) is 0 Å². The first kappa shape index (κ1) is 12.7. The van der Waals surface area contributed by atoms with E-state index in [-0.39, 0.29) is 5.78 Å². The molecule has 0 radical (unpaired) electrons. The molecule has 0 atom stereocenters. The summed E-state index contributed by atoms with van der Waals surface area (Å²) in [6.07, 6.45) is 4.29. The number of aldehydes is 1. The number of ketones is 1. The molecule has 2 heteroatoms. The van der Waals surface area contributed by atoms with Gasteiger partial charge in [0.25, 0.3) is 0 Å². The first-order valence-corrected chi connectivity index (χ1v) is 7.12. The fourth-order valence-corrected chi connectivity index (χ4v) is 3.12. The van der Waals surface area contributed by atoms with Gasteiger partial charge in [-0.3, -0.25) is 9.59 Å². The van der Waals surface area contributed by atoms with Crippen LogP contribution in [0.15, 0.2) is 60.7 Å². The molecule has 0 saturated heterocycles. The predicted molar refractivity (Wildman–Crippen MR) is 88.1 cm³/mol. The van der Waals surface area contributed by atoms with E-state index >= 15 is 0 Å². The minimum Gasteiger partial charge on any atom is -0.298 e. The highest BCUT2D eigenvalue weighted by Gasteiger charge is 2.20. The number of carbonyl (C=O) groups is 2. The highest BCUT2D eigenvalue weighted by Crippen LogP contribution is 2.36. The van der Waals surface area contributed by atoms with Gasteiger partial charge >= 0.3 is 0 Å². The van der Waals surface area contributed by atoms with Crippen LogP contribution in [0.2, 0.25) is 0 Å². The maximum absolute atomic E-state index is 12.5. The van der Waals surface area contributed by atoms with E-state index in [1.807, 2.05) is 54.6 Å². The predicted octanol–water partition coefficient (Wildman–Crippen LogP) is 4.53. The van der Waals surface area contributed by atoms with Crippen LogP contribution in [0.5, 0.6) is 0 Å². The van der Waals surface area contributed by atoms with Gasteiger partial charge in [0.15, 0.2) is 12.1 Å². The number of hydrogen-bond donors (Lipinski definition) is 0. The molecule has 104 valence electrons. The van der Waals surface area contributed by atoms with Crippen LogP contribution in [0.1, 0.15) is 26.3 Å². The summed E-state index contributed by atoms with van der Waals surface area (Å²) in [5.74, 6) is -0.0139. The van der Waals surface area contributed by atoms with Gasteiger partial charge in [-0.15, -0.1) is 0 Å². The molecule has 3 aromatic carbocycles. The van der Waals surface area contributed by atoms with Crippen LogP contribution < -0.4 is 0 Å². The molecule has 0 amide bonds. The van der Waals surface area contributed by atoms with Crippen molar-refractivity contribution >= 4 is 28.9 Å². The van der Waals surface area contributed by atoms with Gasteiger partial charge in [-0.25, -0.2) is 0 Å². The van der Waals surface area contributed by atoms with E-state index in [1.165, 1.54) is 0 Å². The molecular formula is C20H12O2. The average molecular weight is 284 g/mol. The van der Waals surface area contributed by atoms with Gasteiger partial charge in [0.1, 0.15) is 0 Å². The summed E-state index contributed by atoms with van der Waals surface area (Å²) >= 11 is 0. The second-order valence-electron chi connectivity index (χ2n) is 5.34. The van der Waals surface area contributed by atoms with Crippen molar-refractivity contribution in [1.82, 2.24) is 0 Å². The van der Waals surface area contributed by atoms with Crippen molar-refractivity contribution in [2.75, 3.05) is 0 Å². The number of allylic oxidation sites excluding steroid dienone is 1. The maximum Gasteiger partial charge on any atom is 0.187 e. The van der Waals surface area contributed by atoms with Crippen LogP contribution in [0.25, 0.3) is 28.0 Å². The molecule has 0 aromatic heterocycles. The van der Waals surface area contributed by atoms with Crippen LogP contribution >= 0.6 is 0 Å². The molecule has 0 heterocycles. The molecule has 0 N–H and O–H groups in total. The third-order valence-electron chi connectivity index (χ3n) is 4.12. The Morgan fingerprint density at radius 1 is 0.773 bits per heavy atom. The minimum absolute atomic E-state index is 0.0139. The van der Waals surface area contributed by atoms with Gasteiger partial charge in [-0.2, -0.15) is 0 Å². The van der Waals surface area contributed by atoms with Crippen LogP contribution in [-0.2, 0) is 0 Å². The maximum atomic E-state index is 12.5.